The minimum absolute atomic E-state index is 0.168. The highest BCUT2D eigenvalue weighted by Gasteiger charge is 2.10. The van der Waals surface area contributed by atoms with E-state index in [9.17, 15) is 9.18 Å². The molecule has 2 aromatic carbocycles. The minimum atomic E-state index is -0.374. The van der Waals surface area contributed by atoms with Gasteiger partial charge in [0.15, 0.2) is 0 Å². The molecule has 0 fully saturated rings. The Bertz CT molecular complexity index is 747. The molecule has 100 valence electrons. The maximum absolute atomic E-state index is 12.8. The van der Waals surface area contributed by atoms with Crippen molar-refractivity contribution in [1.29, 1.82) is 0 Å². The quantitative estimate of drug-likeness (QED) is 0.584. The number of fused-ring (bicyclic) bond motifs is 1. The fourth-order valence-corrected chi connectivity index (χ4v) is 2.10. The summed E-state index contributed by atoms with van der Waals surface area (Å²) in [5.74, 6) is -0.390. The number of aromatic amines is 1. The lowest BCUT2D eigenvalue weighted by Gasteiger charge is -2.03. The van der Waals surface area contributed by atoms with E-state index in [2.05, 4.69) is 4.98 Å². The van der Waals surface area contributed by atoms with Crippen LogP contribution in [-0.2, 0) is 11.2 Å². The van der Waals surface area contributed by atoms with Crippen LogP contribution in [0.25, 0.3) is 10.9 Å². The molecule has 20 heavy (non-hydrogen) atoms. The van der Waals surface area contributed by atoms with Gasteiger partial charge in [0.2, 0.25) is 0 Å². The van der Waals surface area contributed by atoms with Crippen molar-refractivity contribution >= 4 is 16.9 Å². The minimum Gasteiger partial charge on any atom is -0.426 e. The predicted molar refractivity (Wildman–Crippen MR) is 74.0 cm³/mol. The monoisotopic (exact) mass is 269 g/mol. The van der Waals surface area contributed by atoms with E-state index < -0.39 is 0 Å². The molecule has 0 aliphatic carbocycles. The average Bonchev–Trinajstić information content (AvgIpc) is 2.85. The Labute approximate surface area is 115 Å². The molecular formula is C16H12FNO2. The molecule has 1 N–H and O–H groups in total. The van der Waals surface area contributed by atoms with E-state index in [-0.39, 0.29) is 18.2 Å². The molecule has 0 amide bonds. The van der Waals surface area contributed by atoms with Crippen LogP contribution < -0.4 is 4.74 Å². The SMILES string of the molecule is O=C(Cc1c[nH]c2ccccc12)Oc1ccc(F)cc1. The second-order valence-electron chi connectivity index (χ2n) is 4.46. The highest BCUT2D eigenvalue weighted by molar-refractivity contribution is 5.87. The summed E-state index contributed by atoms with van der Waals surface area (Å²) in [7, 11) is 0. The smallest absolute Gasteiger partial charge is 0.315 e. The van der Waals surface area contributed by atoms with Crippen LogP contribution in [-0.4, -0.2) is 11.0 Å². The van der Waals surface area contributed by atoms with E-state index in [1.165, 1.54) is 24.3 Å². The van der Waals surface area contributed by atoms with Crippen LogP contribution in [0.1, 0.15) is 5.56 Å². The number of ether oxygens (including phenoxy) is 1. The molecule has 0 saturated carbocycles. The lowest BCUT2D eigenvalue weighted by atomic mass is 10.1. The van der Waals surface area contributed by atoms with Crippen molar-refractivity contribution in [2.45, 2.75) is 6.42 Å². The zero-order chi connectivity index (χ0) is 13.9. The molecular weight excluding hydrogens is 257 g/mol. The molecule has 3 nitrogen and oxygen atoms in total. The Morgan fingerprint density at radius 2 is 1.85 bits per heavy atom. The van der Waals surface area contributed by atoms with Gasteiger partial charge in [-0.1, -0.05) is 18.2 Å². The molecule has 3 rings (SSSR count). The first-order valence-corrected chi connectivity index (χ1v) is 6.23. The Hall–Kier alpha value is -2.62. The van der Waals surface area contributed by atoms with Crippen LogP contribution in [0.15, 0.2) is 54.7 Å². The second kappa shape index (κ2) is 5.17. The summed E-state index contributed by atoms with van der Waals surface area (Å²) in [4.78, 5) is 15.0. The Kier molecular flexibility index (Phi) is 3.21. The number of H-pyrrole nitrogens is 1. The summed E-state index contributed by atoms with van der Waals surface area (Å²) in [6.45, 7) is 0. The number of carbonyl (C=O) groups is 1. The van der Waals surface area contributed by atoms with E-state index in [4.69, 9.17) is 4.74 Å². The molecule has 0 bridgehead atoms. The number of benzene rings is 2. The predicted octanol–water partition coefficient (Wildman–Crippen LogP) is 3.46. The standard InChI is InChI=1S/C16H12FNO2/c17-12-5-7-13(8-6-12)20-16(19)9-11-10-18-15-4-2-1-3-14(11)15/h1-8,10,18H,9H2. The molecule has 0 unspecified atom stereocenters. The Morgan fingerprint density at radius 3 is 2.65 bits per heavy atom. The van der Waals surface area contributed by atoms with Crippen LogP contribution in [0.5, 0.6) is 5.75 Å². The number of aromatic nitrogens is 1. The lowest BCUT2D eigenvalue weighted by molar-refractivity contribution is -0.133. The van der Waals surface area contributed by atoms with Gasteiger partial charge in [0, 0.05) is 17.1 Å². The first kappa shape index (κ1) is 12.4. The van der Waals surface area contributed by atoms with Gasteiger partial charge in [-0.2, -0.15) is 0 Å². The lowest BCUT2D eigenvalue weighted by Crippen LogP contribution is -2.10. The number of hydrogen-bond acceptors (Lipinski definition) is 2. The second-order valence-corrected chi connectivity index (χ2v) is 4.46. The molecule has 4 heteroatoms. The highest BCUT2D eigenvalue weighted by atomic mass is 19.1. The molecule has 0 radical (unpaired) electrons. The molecule has 0 atom stereocenters. The molecule has 3 aromatic rings. The van der Waals surface area contributed by atoms with Crippen molar-refractivity contribution in [3.63, 3.8) is 0 Å². The molecule has 1 aromatic heterocycles. The number of nitrogens with one attached hydrogen (secondary N) is 1. The molecule has 0 spiro atoms. The summed E-state index contributed by atoms with van der Waals surface area (Å²) < 4.78 is 17.9. The van der Waals surface area contributed by atoms with Crippen molar-refractivity contribution in [3.8, 4) is 5.75 Å². The fourth-order valence-electron chi connectivity index (χ4n) is 2.10. The van der Waals surface area contributed by atoms with Gasteiger partial charge in [0.05, 0.1) is 6.42 Å². The normalized spacial score (nSPS) is 10.7. The molecule has 0 aliphatic rings. The molecule has 1 heterocycles. The molecule has 0 saturated heterocycles. The third-order valence-corrected chi connectivity index (χ3v) is 3.06. The highest BCUT2D eigenvalue weighted by Crippen LogP contribution is 2.19. The van der Waals surface area contributed by atoms with Gasteiger partial charge in [-0.05, 0) is 35.9 Å². The number of halogens is 1. The summed E-state index contributed by atoms with van der Waals surface area (Å²) in [6.07, 6.45) is 1.97. The maximum Gasteiger partial charge on any atom is 0.315 e. The van der Waals surface area contributed by atoms with Crippen LogP contribution >= 0.6 is 0 Å². The Balaban J connectivity index is 1.74. The number of hydrogen-bond donors (Lipinski definition) is 1. The third kappa shape index (κ3) is 2.54. The summed E-state index contributed by atoms with van der Waals surface area (Å²) in [5.41, 5.74) is 1.87. The largest absolute Gasteiger partial charge is 0.426 e. The van der Waals surface area contributed by atoms with Crippen molar-refractivity contribution in [1.82, 2.24) is 4.98 Å². The van der Waals surface area contributed by atoms with Crippen LogP contribution in [0.4, 0.5) is 4.39 Å². The van der Waals surface area contributed by atoms with Crippen LogP contribution in [0.2, 0.25) is 0 Å². The first-order valence-electron chi connectivity index (χ1n) is 6.23. The van der Waals surface area contributed by atoms with Gasteiger partial charge in [0.25, 0.3) is 0 Å². The number of esters is 1. The van der Waals surface area contributed by atoms with Crippen LogP contribution in [0.3, 0.4) is 0 Å². The summed E-state index contributed by atoms with van der Waals surface area (Å²) in [5, 5.41) is 1.00. The zero-order valence-corrected chi connectivity index (χ0v) is 10.6. The average molecular weight is 269 g/mol. The van der Waals surface area contributed by atoms with Crippen molar-refractivity contribution in [3.05, 3.63) is 66.1 Å². The van der Waals surface area contributed by atoms with Gasteiger partial charge in [0.1, 0.15) is 11.6 Å². The van der Waals surface area contributed by atoms with Gasteiger partial charge in [-0.15, -0.1) is 0 Å². The van der Waals surface area contributed by atoms with Gasteiger partial charge in [-0.25, -0.2) is 4.39 Å². The number of rotatable bonds is 3. The molecule has 0 aliphatic heterocycles. The van der Waals surface area contributed by atoms with E-state index in [1.54, 1.807) is 6.20 Å². The zero-order valence-electron chi connectivity index (χ0n) is 10.6. The van der Waals surface area contributed by atoms with E-state index in [0.29, 0.717) is 5.75 Å². The van der Waals surface area contributed by atoms with Gasteiger partial charge in [-0.3, -0.25) is 4.79 Å². The van der Waals surface area contributed by atoms with Gasteiger partial charge >= 0.3 is 5.97 Å². The van der Waals surface area contributed by atoms with E-state index in [1.807, 2.05) is 24.3 Å². The third-order valence-electron chi connectivity index (χ3n) is 3.06. The topological polar surface area (TPSA) is 42.1 Å². The Morgan fingerprint density at radius 1 is 1.10 bits per heavy atom. The van der Waals surface area contributed by atoms with Crippen molar-refractivity contribution in [2.24, 2.45) is 0 Å². The van der Waals surface area contributed by atoms with E-state index in [0.717, 1.165) is 16.5 Å². The number of carbonyl (C=O) groups excluding carboxylic acids is 1. The summed E-state index contributed by atoms with van der Waals surface area (Å²) >= 11 is 0. The van der Waals surface area contributed by atoms with E-state index >= 15 is 0 Å². The van der Waals surface area contributed by atoms with Crippen molar-refractivity contribution in [2.75, 3.05) is 0 Å². The summed E-state index contributed by atoms with van der Waals surface area (Å²) in [6, 6.07) is 13.1. The first-order chi connectivity index (χ1) is 9.72. The fraction of sp³-hybridized carbons (Fsp3) is 0.0625. The van der Waals surface area contributed by atoms with Gasteiger partial charge < -0.3 is 9.72 Å². The van der Waals surface area contributed by atoms with Crippen LogP contribution in [0, 0.1) is 5.82 Å². The van der Waals surface area contributed by atoms with Crippen molar-refractivity contribution < 1.29 is 13.9 Å². The number of para-hydroxylation sites is 1. The maximum atomic E-state index is 12.8.